The average Bonchev–Trinajstić information content (AvgIpc) is 2.62. The van der Waals surface area contributed by atoms with Crippen LogP contribution in [-0.2, 0) is 9.59 Å². The number of carboxylic acids is 1. The van der Waals surface area contributed by atoms with E-state index in [-0.39, 0.29) is 11.8 Å². The van der Waals surface area contributed by atoms with E-state index in [0.717, 1.165) is 36.6 Å². The Morgan fingerprint density at radius 3 is 2.25 bits per heavy atom. The van der Waals surface area contributed by atoms with E-state index < -0.39 is 11.9 Å². The summed E-state index contributed by atoms with van der Waals surface area (Å²) in [6, 6.07) is 7.72. The molecule has 2 fully saturated rings. The van der Waals surface area contributed by atoms with Crippen LogP contribution in [0.15, 0.2) is 24.3 Å². The van der Waals surface area contributed by atoms with Crippen molar-refractivity contribution in [2.24, 2.45) is 11.8 Å². The second-order valence-electron chi connectivity index (χ2n) is 6.60. The van der Waals surface area contributed by atoms with Gasteiger partial charge in [0.25, 0.3) is 0 Å². The molecule has 1 saturated heterocycles. The highest BCUT2D eigenvalue weighted by Crippen LogP contribution is 2.32. The van der Waals surface area contributed by atoms with Crippen molar-refractivity contribution in [2.45, 2.75) is 25.7 Å². The van der Waals surface area contributed by atoms with Gasteiger partial charge in [0.05, 0.1) is 22.5 Å². The van der Waals surface area contributed by atoms with Crippen LogP contribution >= 0.6 is 11.6 Å². The van der Waals surface area contributed by atoms with Crippen LogP contribution in [0.1, 0.15) is 25.7 Å². The summed E-state index contributed by atoms with van der Waals surface area (Å²) in [6.45, 7) is 2.68. The van der Waals surface area contributed by atoms with Gasteiger partial charge < -0.3 is 14.9 Å². The SMILES string of the molecule is O=C(O)C1CCCCC1C(=O)N1CCN(c2ccccc2Cl)CC1. The Kier molecular flexibility index (Phi) is 5.29. The molecule has 6 heteroatoms. The zero-order chi connectivity index (χ0) is 17.1. The molecule has 0 bridgehead atoms. The summed E-state index contributed by atoms with van der Waals surface area (Å²) in [6.07, 6.45) is 3.16. The first-order valence-corrected chi connectivity index (χ1v) is 8.97. The largest absolute Gasteiger partial charge is 0.481 e. The number of carboxylic acid groups (broad SMARTS) is 1. The summed E-state index contributed by atoms with van der Waals surface area (Å²) >= 11 is 6.24. The Balaban J connectivity index is 1.62. The average molecular weight is 351 g/mol. The number of carbonyl (C=O) groups excluding carboxylic acids is 1. The minimum absolute atomic E-state index is 0.0147. The Bertz CT molecular complexity index is 614. The number of benzene rings is 1. The molecule has 0 spiro atoms. The molecule has 5 nitrogen and oxygen atoms in total. The normalized spacial score (nSPS) is 24.7. The Morgan fingerprint density at radius 1 is 1.00 bits per heavy atom. The minimum atomic E-state index is -0.831. The number of halogens is 1. The lowest BCUT2D eigenvalue weighted by molar-refractivity contribution is -0.152. The molecule has 0 aromatic heterocycles. The molecule has 1 amide bonds. The molecule has 1 heterocycles. The Hall–Kier alpha value is -1.75. The van der Waals surface area contributed by atoms with Crippen LogP contribution in [0.5, 0.6) is 0 Å². The maximum absolute atomic E-state index is 12.8. The molecule has 0 radical (unpaired) electrons. The van der Waals surface area contributed by atoms with E-state index in [9.17, 15) is 14.7 Å². The highest BCUT2D eigenvalue weighted by Gasteiger charge is 2.38. The number of carbonyl (C=O) groups is 2. The molecule has 1 aliphatic carbocycles. The smallest absolute Gasteiger partial charge is 0.307 e. The van der Waals surface area contributed by atoms with Crippen molar-refractivity contribution in [2.75, 3.05) is 31.1 Å². The topological polar surface area (TPSA) is 60.9 Å². The number of rotatable bonds is 3. The van der Waals surface area contributed by atoms with Crippen molar-refractivity contribution < 1.29 is 14.7 Å². The fourth-order valence-corrected chi connectivity index (χ4v) is 4.09. The van der Waals surface area contributed by atoms with Gasteiger partial charge in [-0.05, 0) is 25.0 Å². The van der Waals surface area contributed by atoms with Gasteiger partial charge >= 0.3 is 5.97 Å². The van der Waals surface area contributed by atoms with E-state index >= 15 is 0 Å². The monoisotopic (exact) mass is 350 g/mol. The first-order chi connectivity index (χ1) is 11.6. The highest BCUT2D eigenvalue weighted by molar-refractivity contribution is 6.33. The van der Waals surface area contributed by atoms with Gasteiger partial charge in [-0.3, -0.25) is 9.59 Å². The number of anilines is 1. The van der Waals surface area contributed by atoms with Crippen molar-refractivity contribution in [3.63, 3.8) is 0 Å². The number of nitrogens with zero attached hydrogens (tertiary/aromatic N) is 2. The first-order valence-electron chi connectivity index (χ1n) is 8.59. The fourth-order valence-electron chi connectivity index (χ4n) is 3.83. The van der Waals surface area contributed by atoms with Crippen molar-refractivity contribution >= 4 is 29.2 Å². The van der Waals surface area contributed by atoms with E-state index in [4.69, 9.17) is 11.6 Å². The number of hydrogen-bond donors (Lipinski definition) is 1. The molecule has 1 aliphatic heterocycles. The fraction of sp³-hybridized carbons (Fsp3) is 0.556. The lowest BCUT2D eigenvalue weighted by atomic mass is 9.78. The lowest BCUT2D eigenvalue weighted by Gasteiger charge is -2.39. The van der Waals surface area contributed by atoms with E-state index in [1.54, 1.807) is 0 Å². The number of hydrogen-bond acceptors (Lipinski definition) is 3. The van der Waals surface area contributed by atoms with Crippen LogP contribution in [0.4, 0.5) is 5.69 Å². The van der Waals surface area contributed by atoms with Gasteiger partial charge in [0.1, 0.15) is 0 Å². The van der Waals surface area contributed by atoms with Crippen molar-refractivity contribution in [3.05, 3.63) is 29.3 Å². The molecule has 3 rings (SSSR count). The molecule has 2 aliphatic rings. The van der Waals surface area contributed by atoms with E-state index in [1.165, 1.54) is 0 Å². The molecule has 130 valence electrons. The van der Waals surface area contributed by atoms with E-state index in [2.05, 4.69) is 4.90 Å². The maximum Gasteiger partial charge on any atom is 0.307 e. The van der Waals surface area contributed by atoms with Crippen LogP contribution in [0.25, 0.3) is 0 Å². The Morgan fingerprint density at radius 2 is 1.62 bits per heavy atom. The molecule has 1 saturated carbocycles. The second-order valence-corrected chi connectivity index (χ2v) is 7.01. The second kappa shape index (κ2) is 7.43. The molecular formula is C18H23ClN2O3. The highest BCUT2D eigenvalue weighted by atomic mass is 35.5. The quantitative estimate of drug-likeness (QED) is 0.910. The number of aliphatic carboxylic acids is 1. The van der Waals surface area contributed by atoms with Crippen LogP contribution in [0, 0.1) is 11.8 Å². The molecule has 1 aromatic carbocycles. The standard InChI is InChI=1S/C18H23ClN2O3/c19-15-7-3-4-8-16(15)20-9-11-21(12-10-20)17(22)13-5-1-2-6-14(13)18(23)24/h3-4,7-8,13-14H,1-2,5-6,9-12H2,(H,23,24). The summed E-state index contributed by atoms with van der Waals surface area (Å²) in [5, 5.41) is 10.1. The summed E-state index contributed by atoms with van der Waals surface area (Å²) in [7, 11) is 0. The van der Waals surface area contributed by atoms with Crippen molar-refractivity contribution in [3.8, 4) is 0 Å². The number of para-hydroxylation sites is 1. The van der Waals surface area contributed by atoms with Crippen LogP contribution in [-0.4, -0.2) is 48.1 Å². The van der Waals surface area contributed by atoms with Crippen molar-refractivity contribution in [1.29, 1.82) is 0 Å². The molecule has 24 heavy (non-hydrogen) atoms. The molecular weight excluding hydrogens is 328 g/mol. The van der Waals surface area contributed by atoms with Crippen LogP contribution < -0.4 is 4.90 Å². The minimum Gasteiger partial charge on any atom is -0.481 e. The Labute approximate surface area is 147 Å². The summed E-state index contributed by atoms with van der Waals surface area (Å²) in [5.74, 6) is -1.69. The van der Waals surface area contributed by atoms with Crippen molar-refractivity contribution in [1.82, 2.24) is 4.90 Å². The van der Waals surface area contributed by atoms with Gasteiger partial charge in [-0.1, -0.05) is 36.6 Å². The van der Waals surface area contributed by atoms with Gasteiger partial charge in [0.15, 0.2) is 0 Å². The summed E-state index contributed by atoms with van der Waals surface area (Å²) in [5.41, 5.74) is 0.993. The lowest BCUT2D eigenvalue weighted by Crippen LogP contribution is -2.52. The van der Waals surface area contributed by atoms with Gasteiger partial charge in [-0.15, -0.1) is 0 Å². The third-order valence-electron chi connectivity index (χ3n) is 5.18. The zero-order valence-electron chi connectivity index (χ0n) is 13.7. The molecule has 1 aromatic rings. The predicted molar refractivity (Wildman–Crippen MR) is 93.3 cm³/mol. The molecule has 2 unspecified atom stereocenters. The molecule has 1 N–H and O–H groups in total. The van der Waals surface area contributed by atoms with E-state index in [1.807, 2.05) is 29.2 Å². The third-order valence-corrected chi connectivity index (χ3v) is 5.50. The van der Waals surface area contributed by atoms with Crippen LogP contribution in [0.2, 0.25) is 5.02 Å². The van der Waals surface area contributed by atoms with Gasteiger partial charge in [0, 0.05) is 26.2 Å². The maximum atomic E-state index is 12.8. The van der Waals surface area contributed by atoms with Gasteiger partial charge in [-0.2, -0.15) is 0 Å². The summed E-state index contributed by atoms with van der Waals surface area (Å²) in [4.78, 5) is 28.2. The van der Waals surface area contributed by atoms with Gasteiger partial charge in [-0.25, -0.2) is 0 Å². The summed E-state index contributed by atoms with van der Waals surface area (Å²) < 4.78 is 0. The number of amides is 1. The van der Waals surface area contributed by atoms with E-state index in [0.29, 0.717) is 25.9 Å². The van der Waals surface area contributed by atoms with Crippen LogP contribution in [0.3, 0.4) is 0 Å². The zero-order valence-corrected chi connectivity index (χ0v) is 14.4. The third kappa shape index (κ3) is 3.51. The molecule has 2 atom stereocenters. The number of piperazine rings is 1. The first kappa shape index (κ1) is 17.1. The van der Waals surface area contributed by atoms with Gasteiger partial charge in [0.2, 0.25) is 5.91 Å². The predicted octanol–water partition coefficient (Wildman–Crippen LogP) is 2.88.